The summed E-state index contributed by atoms with van der Waals surface area (Å²) < 4.78 is 5.26. The summed E-state index contributed by atoms with van der Waals surface area (Å²) >= 11 is 0. The summed E-state index contributed by atoms with van der Waals surface area (Å²) in [6, 6.07) is 20.3. The molecule has 2 aliphatic heterocycles. The number of hydrogen-bond donors (Lipinski definition) is 0. The van der Waals surface area contributed by atoms with Crippen molar-refractivity contribution in [3.05, 3.63) is 67.0 Å². The predicted molar refractivity (Wildman–Crippen MR) is 134 cm³/mol. The minimum absolute atomic E-state index is 0.0106. The number of rotatable bonds is 5. The van der Waals surface area contributed by atoms with Crippen molar-refractivity contribution in [3.8, 4) is 17.0 Å². The van der Waals surface area contributed by atoms with Gasteiger partial charge in [-0.1, -0.05) is 30.3 Å². The third kappa shape index (κ3) is 4.83. The molecule has 0 bridgehead atoms. The number of amides is 1. The lowest BCUT2D eigenvalue weighted by Gasteiger charge is -2.40. The van der Waals surface area contributed by atoms with Gasteiger partial charge in [0.2, 0.25) is 5.91 Å². The SMILES string of the molecule is COc1ccc(N2CCN(C(=O)C3CCCN(c4cc(-c5ccccc5)ncn4)C3)CC2)cc1. The third-order valence-corrected chi connectivity index (χ3v) is 6.85. The highest BCUT2D eigenvalue weighted by atomic mass is 16.5. The molecule has 7 heteroatoms. The molecule has 34 heavy (non-hydrogen) atoms. The first-order chi connectivity index (χ1) is 16.7. The van der Waals surface area contributed by atoms with E-state index in [2.05, 4.69) is 44.0 Å². The number of methoxy groups -OCH3 is 1. The minimum Gasteiger partial charge on any atom is -0.497 e. The molecular formula is C27H31N5O2. The molecule has 176 valence electrons. The Labute approximate surface area is 201 Å². The molecule has 2 fully saturated rings. The Hall–Kier alpha value is -3.61. The molecule has 1 amide bonds. The van der Waals surface area contributed by atoms with Crippen molar-refractivity contribution < 1.29 is 9.53 Å². The fraction of sp³-hybridized carbons (Fsp3) is 0.370. The van der Waals surface area contributed by atoms with Crippen LogP contribution in [0.4, 0.5) is 11.5 Å². The van der Waals surface area contributed by atoms with E-state index >= 15 is 0 Å². The van der Waals surface area contributed by atoms with Gasteiger partial charge < -0.3 is 19.4 Å². The Morgan fingerprint density at radius 3 is 2.41 bits per heavy atom. The van der Waals surface area contributed by atoms with Gasteiger partial charge in [0.1, 0.15) is 17.9 Å². The van der Waals surface area contributed by atoms with Crippen molar-refractivity contribution in [3.63, 3.8) is 0 Å². The van der Waals surface area contributed by atoms with Gasteiger partial charge in [-0.3, -0.25) is 4.79 Å². The highest BCUT2D eigenvalue weighted by Gasteiger charge is 2.31. The average Bonchev–Trinajstić information content (AvgIpc) is 2.93. The molecule has 3 heterocycles. The maximum absolute atomic E-state index is 13.4. The van der Waals surface area contributed by atoms with Crippen LogP contribution in [0.3, 0.4) is 0 Å². The van der Waals surface area contributed by atoms with Gasteiger partial charge in [-0.15, -0.1) is 0 Å². The van der Waals surface area contributed by atoms with E-state index in [4.69, 9.17) is 4.74 Å². The van der Waals surface area contributed by atoms with E-state index in [-0.39, 0.29) is 11.8 Å². The zero-order valence-electron chi connectivity index (χ0n) is 19.6. The van der Waals surface area contributed by atoms with Crippen molar-refractivity contribution in [1.82, 2.24) is 14.9 Å². The lowest BCUT2D eigenvalue weighted by Crippen LogP contribution is -2.52. The fourth-order valence-corrected chi connectivity index (χ4v) is 4.91. The number of piperazine rings is 1. The fourth-order valence-electron chi connectivity index (χ4n) is 4.91. The van der Waals surface area contributed by atoms with Crippen LogP contribution in [0.5, 0.6) is 5.75 Å². The first kappa shape index (κ1) is 22.2. The quantitative estimate of drug-likeness (QED) is 0.582. The molecule has 0 N–H and O–H groups in total. The van der Waals surface area contributed by atoms with E-state index in [1.54, 1.807) is 13.4 Å². The standard InChI is InChI=1S/C27H31N5O2/c1-34-24-11-9-23(10-12-24)30-14-16-31(17-15-30)27(33)22-8-5-13-32(19-22)26-18-25(28-20-29-26)21-6-3-2-4-7-21/h2-4,6-7,9-12,18,20,22H,5,8,13-17,19H2,1H3. The highest BCUT2D eigenvalue weighted by Crippen LogP contribution is 2.27. The van der Waals surface area contributed by atoms with Gasteiger partial charge in [0.25, 0.3) is 0 Å². The van der Waals surface area contributed by atoms with E-state index in [0.717, 1.165) is 68.4 Å². The molecule has 7 nitrogen and oxygen atoms in total. The first-order valence-electron chi connectivity index (χ1n) is 12.0. The summed E-state index contributed by atoms with van der Waals surface area (Å²) in [5.74, 6) is 2.04. The Morgan fingerprint density at radius 1 is 0.912 bits per heavy atom. The molecule has 0 aliphatic carbocycles. The van der Waals surface area contributed by atoms with Gasteiger partial charge in [0, 0.05) is 56.6 Å². The van der Waals surface area contributed by atoms with Crippen molar-refractivity contribution in [2.24, 2.45) is 5.92 Å². The molecule has 1 unspecified atom stereocenters. The van der Waals surface area contributed by atoms with Crippen LogP contribution in [-0.2, 0) is 4.79 Å². The zero-order chi connectivity index (χ0) is 23.3. The zero-order valence-corrected chi connectivity index (χ0v) is 19.6. The number of piperidine rings is 1. The second-order valence-electron chi connectivity index (χ2n) is 8.92. The summed E-state index contributed by atoms with van der Waals surface area (Å²) in [6.45, 7) is 4.84. The summed E-state index contributed by atoms with van der Waals surface area (Å²) in [4.78, 5) is 29.0. The predicted octanol–water partition coefficient (Wildman–Crippen LogP) is 3.72. The molecule has 2 aromatic carbocycles. The monoisotopic (exact) mass is 457 g/mol. The molecule has 1 aromatic heterocycles. The topological polar surface area (TPSA) is 61.8 Å². The lowest BCUT2D eigenvalue weighted by atomic mass is 9.96. The van der Waals surface area contributed by atoms with Crippen molar-refractivity contribution >= 4 is 17.4 Å². The Kier molecular flexibility index (Phi) is 6.60. The summed E-state index contributed by atoms with van der Waals surface area (Å²) in [5.41, 5.74) is 3.16. The molecule has 0 radical (unpaired) electrons. The van der Waals surface area contributed by atoms with E-state index in [0.29, 0.717) is 6.54 Å². The number of benzene rings is 2. The first-order valence-corrected chi connectivity index (χ1v) is 12.0. The molecule has 0 spiro atoms. The lowest BCUT2D eigenvalue weighted by molar-refractivity contribution is -0.136. The van der Waals surface area contributed by atoms with Crippen LogP contribution in [0.15, 0.2) is 67.0 Å². The van der Waals surface area contributed by atoms with E-state index in [9.17, 15) is 4.79 Å². The third-order valence-electron chi connectivity index (χ3n) is 6.85. The van der Waals surface area contributed by atoms with Gasteiger partial charge in [-0.2, -0.15) is 0 Å². The van der Waals surface area contributed by atoms with Crippen LogP contribution in [0.25, 0.3) is 11.3 Å². The van der Waals surface area contributed by atoms with Crippen LogP contribution in [0.1, 0.15) is 12.8 Å². The molecule has 3 aromatic rings. The summed E-state index contributed by atoms with van der Waals surface area (Å²) in [6.07, 6.45) is 3.55. The molecule has 0 saturated carbocycles. The number of nitrogens with zero attached hydrogens (tertiary/aromatic N) is 5. The van der Waals surface area contributed by atoms with E-state index < -0.39 is 0 Å². The van der Waals surface area contributed by atoms with E-state index in [1.165, 1.54) is 5.69 Å². The Balaban J connectivity index is 1.20. The Morgan fingerprint density at radius 2 is 1.68 bits per heavy atom. The number of carbonyl (C=O) groups is 1. The number of carbonyl (C=O) groups excluding carboxylic acids is 1. The van der Waals surface area contributed by atoms with Gasteiger partial charge in [0.15, 0.2) is 0 Å². The highest BCUT2D eigenvalue weighted by molar-refractivity contribution is 5.80. The van der Waals surface area contributed by atoms with E-state index in [1.807, 2.05) is 41.3 Å². The molecule has 1 atom stereocenters. The minimum atomic E-state index is 0.0106. The second-order valence-corrected chi connectivity index (χ2v) is 8.92. The van der Waals surface area contributed by atoms with Crippen molar-refractivity contribution in [1.29, 1.82) is 0 Å². The van der Waals surface area contributed by atoms with Crippen LogP contribution in [0.2, 0.25) is 0 Å². The van der Waals surface area contributed by atoms with Crippen LogP contribution in [0, 0.1) is 5.92 Å². The molecular weight excluding hydrogens is 426 g/mol. The van der Waals surface area contributed by atoms with Crippen LogP contribution >= 0.6 is 0 Å². The normalized spacial score (nSPS) is 18.6. The van der Waals surface area contributed by atoms with Gasteiger partial charge in [-0.05, 0) is 37.1 Å². The van der Waals surface area contributed by atoms with Gasteiger partial charge in [-0.25, -0.2) is 9.97 Å². The number of hydrogen-bond acceptors (Lipinski definition) is 6. The maximum atomic E-state index is 13.4. The van der Waals surface area contributed by atoms with Gasteiger partial charge >= 0.3 is 0 Å². The van der Waals surface area contributed by atoms with Crippen molar-refractivity contribution in [2.45, 2.75) is 12.8 Å². The van der Waals surface area contributed by atoms with Gasteiger partial charge in [0.05, 0.1) is 18.7 Å². The summed E-state index contributed by atoms with van der Waals surface area (Å²) in [7, 11) is 1.68. The number of anilines is 2. The smallest absolute Gasteiger partial charge is 0.227 e. The van der Waals surface area contributed by atoms with Crippen molar-refractivity contribution in [2.75, 3.05) is 56.2 Å². The average molecular weight is 458 g/mol. The number of ether oxygens (including phenoxy) is 1. The molecule has 5 rings (SSSR count). The maximum Gasteiger partial charge on any atom is 0.227 e. The largest absolute Gasteiger partial charge is 0.497 e. The number of aromatic nitrogens is 2. The molecule has 2 aliphatic rings. The Bertz CT molecular complexity index is 1100. The second kappa shape index (κ2) is 10.1. The summed E-state index contributed by atoms with van der Waals surface area (Å²) in [5, 5.41) is 0. The molecule has 2 saturated heterocycles. The van der Waals surface area contributed by atoms with Crippen LogP contribution < -0.4 is 14.5 Å². The van der Waals surface area contributed by atoms with Crippen LogP contribution in [-0.4, -0.2) is 67.2 Å².